The third kappa shape index (κ3) is 5.32. The molecule has 1 N–H and O–H groups in total. The van der Waals surface area contributed by atoms with Gasteiger partial charge in [0.15, 0.2) is 9.84 Å². The molecule has 1 unspecified atom stereocenters. The maximum absolute atomic E-state index is 11.8. The zero-order valence-corrected chi connectivity index (χ0v) is 14.2. The molecular formula is C16H27NO3S. The van der Waals surface area contributed by atoms with Crippen LogP contribution in [0.25, 0.3) is 0 Å². The van der Waals surface area contributed by atoms with E-state index in [9.17, 15) is 8.42 Å². The monoisotopic (exact) mass is 313 g/mol. The summed E-state index contributed by atoms with van der Waals surface area (Å²) in [5.41, 5.74) is 1.09. The molecule has 5 heteroatoms. The highest BCUT2D eigenvalue weighted by atomic mass is 32.2. The molecule has 0 fully saturated rings. The van der Waals surface area contributed by atoms with Gasteiger partial charge in [-0.15, -0.1) is 0 Å². The Morgan fingerprint density at radius 1 is 1.19 bits per heavy atom. The summed E-state index contributed by atoms with van der Waals surface area (Å²) in [5.74, 6) is 0.820. The molecule has 0 bridgehead atoms. The second-order valence-electron chi connectivity index (χ2n) is 5.32. The zero-order chi connectivity index (χ0) is 15.9. The first-order valence-electron chi connectivity index (χ1n) is 7.59. The standard InChI is InChI=1S/C16H27NO3S/c1-5-15(17-6-2)14-9-7-8-10-16(14)20-11-12-21(18,19)13(3)4/h7-10,13,15,17H,5-6,11-12H2,1-4H3. The lowest BCUT2D eigenvalue weighted by atomic mass is 10.0. The van der Waals surface area contributed by atoms with Crippen LogP contribution in [0.5, 0.6) is 5.75 Å². The fraction of sp³-hybridized carbons (Fsp3) is 0.625. The smallest absolute Gasteiger partial charge is 0.155 e. The molecule has 0 saturated heterocycles. The van der Waals surface area contributed by atoms with Gasteiger partial charge in [0.2, 0.25) is 0 Å². The summed E-state index contributed by atoms with van der Waals surface area (Å²) in [4.78, 5) is 0. The topological polar surface area (TPSA) is 55.4 Å². The second kappa shape index (κ2) is 8.39. The fourth-order valence-corrected chi connectivity index (χ4v) is 2.91. The van der Waals surface area contributed by atoms with Crippen molar-refractivity contribution in [1.82, 2.24) is 5.32 Å². The molecule has 1 aromatic carbocycles. The molecule has 0 saturated carbocycles. The van der Waals surface area contributed by atoms with Crippen LogP contribution in [0.15, 0.2) is 24.3 Å². The van der Waals surface area contributed by atoms with Gasteiger partial charge in [-0.2, -0.15) is 0 Å². The van der Waals surface area contributed by atoms with Crippen molar-refractivity contribution in [3.8, 4) is 5.75 Å². The molecule has 0 heterocycles. The third-order valence-electron chi connectivity index (χ3n) is 3.50. The average Bonchev–Trinajstić information content (AvgIpc) is 2.45. The Morgan fingerprint density at radius 3 is 2.43 bits per heavy atom. The molecule has 21 heavy (non-hydrogen) atoms. The van der Waals surface area contributed by atoms with E-state index in [0.717, 1.165) is 24.3 Å². The van der Waals surface area contributed by atoms with Gasteiger partial charge in [-0.1, -0.05) is 32.0 Å². The third-order valence-corrected chi connectivity index (χ3v) is 5.67. The molecule has 0 aromatic heterocycles. The number of ether oxygens (including phenoxy) is 1. The van der Waals surface area contributed by atoms with Gasteiger partial charge in [0.25, 0.3) is 0 Å². The van der Waals surface area contributed by atoms with Crippen LogP contribution in [-0.4, -0.2) is 32.6 Å². The van der Waals surface area contributed by atoms with Gasteiger partial charge in [-0.05, 0) is 32.9 Å². The Labute approximate surface area is 128 Å². The summed E-state index contributed by atoms with van der Waals surface area (Å²) < 4.78 is 29.3. The van der Waals surface area contributed by atoms with Gasteiger partial charge < -0.3 is 10.1 Å². The van der Waals surface area contributed by atoms with E-state index in [2.05, 4.69) is 19.2 Å². The van der Waals surface area contributed by atoms with Gasteiger partial charge in [-0.25, -0.2) is 8.42 Å². The number of hydrogen-bond acceptors (Lipinski definition) is 4. The summed E-state index contributed by atoms with van der Waals surface area (Å²) in [7, 11) is -3.06. The highest BCUT2D eigenvalue weighted by Crippen LogP contribution is 2.27. The molecule has 0 aliphatic heterocycles. The quantitative estimate of drug-likeness (QED) is 0.761. The molecule has 4 nitrogen and oxygen atoms in total. The average molecular weight is 313 g/mol. The van der Waals surface area contributed by atoms with Gasteiger partial charge in [0.1, 0.15) is 12.4 Å². The van der Waals surface area contributed by atoms with E-state index in [1.165, 1.54) is 0 Å². The van der Waals surface area contributed by atoms with Gasteiger partial charge in [0.05, 0.1) is 11.0 Å². The van der Waals surface area contributed by atoms with E-state index < -0.39 is 9.84 Å². The van der Waals surface area contributed by atoms with Crippen molar-refractivity contribution in [2.45, 2.75) is 45.4 Å². The normalized spacial score (nSPS) is 13.4. The van der Waals surface area contributed by atoms with Crippen molar-refractivity contribution >= 4 is 9.84 Å². The first kappa shape index (κ1) is 18.0. The van der Waals surface area contributed by atoms with Gasteiger partial charge in [-0.3, -0.25) is 0 Å². The summed E-state index contributed by atoms with van der Waals surface area (Å²) in [5, 5.41) is 3.06. The largest absolute Gasteiger partial charge is 0.492 e. The van der Waals surface area contributed by atoms with Crippen LogP contribution in [0.4, 0.5) is 0 Å². The summed E-state index contributed by atoms with van der Waals surface area (Å²) in [6.45, 7) is 8.66. The Kier molecular flexibility index (Phi) is 7.18. The van der Waals surface area contributed by atoms with Crippen LogP contribution in [-0.2, 0) is 9.84 Å². The molecule has 120 valence electrons. The van der Waals surface area contributed by atoms with Crippen LogP contribution in [0.3, 0.4) is 0 Å². The first-order valence-corrected chi connectivity index (χ1v) is 9.30. The van der Waals surface area contributed by atoms with E-state index in [0.29, 0.717) is 0 Å². The minimum atomic E-state index is -3.06. The molecule has 1 atom stereocenters. The van der Waals surface area contributed by atoms with Crippen molar-refractivity contribution in [3.63, 3.8) is 0 Å². The van der Waals surface area contributed by atoms with Crippen molar-refractivity contribution in [2.75, 3.05) is 18.9 Å². The lowest BCUT2D eigenvalue weighted by Gasteiger charge is -2.20. The van der Waals surface area contributed by atoms with E-state index >= 15 is 0 Å². The summed E-state index contributed by atoms with van der Waals surface area (Å²) in [6, 6.07) is 8.05. The SMILES string of the molecule is CCNC(CC)c1ccccc1OCCS(=O)(=O)C(C)C. The predicted octanol–water partition coefficient (Wildman–Crippen LogP) is 2.95. The van der Waals surface area contributed by atoms with Crippen molar-refractivity contribution in [3.05, 3.63) is 29.8 Å². The van der Waals surface area contributed by atoms with Crippen LogP contribution in [0.2, 0.25) is 0 Å². The molecule has 0 radical (unpaired) electrons. The van der Waals surface area contributed by atoms with E-state index in [1.54, 1.807) is 13.8 Å². The maximum atomic E-state index is 11.8. The number of hydrogen-bond donors (Lipinski definition) is 1. The second-order valence-corrected chi connectivity index (χ2v) is 8.00. The molecule has 1 aromatic rings. The van der Waals surface area contributed by atoms with Crippen LogP contribution in [0, 0.1) is 0 Å². The number of sulfone groups is 1. The maximum Gasteiger partial charge on any atom is 0.155 e. The lowest BCUT2D eigenvalue weighted by molar-refractivity contribution is 0.331. The Morgan fingerprint density at radius 2 is 1.86 bits per heavy atom. The Bertz CT molecular complexity index is 526. The Balaban J connectivity index is 2.76. The minimum absolute atomic E-state index is 0.0526. The summed E-state index contributed by atoms with van der Waals surface area (Å²) >= 11 is 0. The number of para-hydroxylation sites is 1. The molecule has 0 spiro atoms. The minimum Gasteiger partial charge on any atom is -0.492 e. The number of benzene rings is 1. The highest BCUT2D eigenvalue weighted by molar-refractivity contribution is 7.91. The number of rotatable bonds is 9. The van der Waals surface area contributed by atoms with E-state index in [4.69, 9.17) is 4.74 Å². The van der Waals surface area contributed by atoms with Crippen LogP contribution in [0.1, 0.15) is 45.7 Å². The zero-order valence-electron chi connectivity index (χ0n) is 13.4. The predicted molar refractivity (Wildman–Crippen MR) is 87.6 cm³/mol. The lowest BCUT2D eigenvalue weighted by Crippen LogP contribution is -2.23. The number of nitrogens with one attached hydrogen (secondary N) is 1. The van der Waals surface area contributed by atoms with Crippen molar-refractivity contribution in [1.29, 1.82) is 0 Å². The summed E-state index contributed by atoms with van der Waals surface area (Å²) in [6.07, 6.45) is 0.957. The van der Waals surface area contributed by atoms with Crippen LogP contribution >= 0.6 is 0 Å². The fourth-order valence-electron chi connectivity index (χ4n) is 2.12. The highest BCUT2D eigenvalue weighted by Gasteiger charge is 2.17. The molecule has 0 aliphatic rings. The molecule has 0 amide bonds. The van der Waals surface area contributed by atoms with Crippen molar-refractivity contribution in [2.24, 2.45) is 0 Å². The molecule has 0 aliphatic carbocycles. The molecular weight excluding hydrogens is 286 g/mol. The van der Waals surface area contributed by atoms with E-state index in [-0.39, 0.29) is 23.7 Å². The van der Waals surface area contributed by atoms with Crippen LogP contribution < -0.4 is 10.1 Å². The van der Waals surface area contributed by atoms with Gasteiger partial charge in [0, 0.05) is 11.6 Å². The van der Waals surface area contributed by atoms with E-state index in [1.807, 2.05) is 24.3 Å². The Hall–Kier alpha value is -1.07. The van der Waals surface area contributed by atoms with Crippen molar-refractivity contribution < 1.29 is 13.2 Å². The van der Waals surface area contributed by atoms with Gasteiger partial charge >= 0.3 is 0 Å². The first-order chi connectivity index (χ1) is 9.92. The molecule has 1 rings (SSSR count).